The normalized spacial score (nSPS) is 10.7. The van der Waals surface area contributed by atoms with Gasteiger partial charge in [-0.3, -0.25) is 4.79 Å². The number of carbonyl (C=O) groups is 2. The van der Waals surface area contributed by atoms with E-state index in [2.05, 4.69) is 17.6 Å². The largest absolute Gasteiger partial charge is 0.497 e. The number of unbranched alkanes of at least 4 members (excludes halogenated alkanes) is 1. The highest BCUT2D eigenvalue weighted by atomic mass is 16.5. The summed E-state index contributed by atoms with van der Waals surface area (Å²) >= 11 is 0. The molecule has 0 N–H and O–H groups in total. The van der Waals surface area contributed by atoms with Crippen molar-refractivity contribution in [2.45, 2.75) is 39.4 Å². The summed E-state index contributed by atoms with van der Waals surface area (Å²) in [5.74, 6) is 0.749. The number of aromatic nitrogens is 1. The molecule has 7 nitrogen and oxygen atoms in total. The van der Waals surface area contributed by atoms with Gasteiger partial charge in [-0.15, -0.1) is 0 Å². The third-order valence-corrected chi connectivity index (χ3v) is 6.09. The number of hydrogen-bond donors (Lipinski definition) is 0. The van der Waals surface area contributed by atoms with Crippen molar-refractivity contribution in [1.82, 2.24) is 19.3 Å². The van der Waals surface area contributed by atoms with Gasteiger partial charge in [0.2, 0.25) is 5.91 Å². The summed E-state index contributed by atoms with van der Waals surface area (Å²) in [4.78, 5) is 31.4. The minimum absolute atomic E-state index is 0.0560. The zero-order valence-corrected chi connectivity index (χ0v) is 21.9. The number of hydrogen-bond acceptors (Lipinski definition) is 3. The highest BCUT2D eigenvalue weighted by Gasteiger charge is 2.23. The Hall–Kier alpha value is -3.74. The molecule has 0 saturated carbocycles. The Morgan fingerprint density at radius 2 is 1.64 bits per heavy atom. The quantitative estimate of drug-likeness (QED) is 0.364. The zero-order chi connectivity index (χ0) is 25.9. The lowest BCUT2D eigenvalue weighted by molar-refractivity contribution is -0.133. The van der Waals surface area contributed by atoms with Crippen molar-refractivity contribution in [2.24, 2.45) is 0 Å². The van der Waals surface area contributed by atoms with Gasteiger partial charge in [0.1, 0.15) is 12.3 Å². The minimum atomic E-state index is -0.141. The van der Waals surface area contributed by atoms with E-state index in [1.54, 1.807) is 26.1 Å². The highest BCUT2D eigenvalue weighted by Crippen LogP contribution is 2.17. The van der Waals surface area contributed by atoms with E-state index in [0.29, 0.717) is 26.2 Å². The van der Waals surface area contributed by atoms with E-state index in [4.69, 9.17) is 4.74 Å². The summed E-state index contributed by atoms with van der Waals surface area (Å²) < 4.78 is 7.52. The second kappa shape index (κ2) is 13.4. The third kappa shape index (κ3) is 7.63. The molecule has 1 aromatic heterocycles. The van der Waals surface area contributed by atoms with Gasteiger partial charge in [-0.2, -0.15) is 0 Å². The first-order valence-corrected chi connectivity index (χ1v) is 12.5. The lowest BCUT2D eigenvalue weighted by atomic mass is 10.2. The first-order valence-electron chi connectivity index (χ1n) is 12.5. The average molecular weight is 491 g/mol. The Bertz CT molecular complexity index is 1110. The topological polar surface area (TPSA) is 58.0 Å². The Labute approximate surface area is 214 Å². The van der Waals surface area contributed by atoms with Gasteiger partial charge in [0.15, 0.2) is 0 Å². The van der Waals surface area contributed by atoms with Gasteiger partial charge in [0.05, 0.1) is 13.7 Å². The van der Waals surface area contributed by atoms with Crippen LogP contribution in [0, 0.1) is 0 Å². The van der Waals surface area contributed by atoms with Crippen LogP contribution in [0.2, 0.25) is 0 Å². The Morgan fingerprint density at radius 3 is 2.33 bits per heavy atom. The Balaban J connectivity index is 1.82. The van der Waals surface area contributed by atoms with E-state index in [1.807, 2.05) is 71.8 Å². The first-order chi connectivity index (χ1) is 17.4. The lowest BCUT2D eigenvalue weighted by Crippen LogP contribution is -2.46. The van der Waals surface area contributed by atoms with E-state index in [9.17, 15) is 9.59 Å². The summed E-state index contributed by atoms with van der Waals surface area (Å²) in [6, 6.07) is 21.9. The molecular weight excluding hydrogens is 452 g/mol. The van der Waals surface area contributed by atoms with Gasteiger partial charge < -0.3 is 24.0 Å². The van der Waals surface area contributed by atoms with Gasteiger partial charge in [-0.1, -0.05) is 55.8 Å². The third-order valence-electron chi connectivity index (χ3n) is 6.09. The van der Waals surface area contributed by atoms with E-state index in [-0.39, 0.29) is 18.5 Å². The number of urea groups is 1. The monoisotopic (exact) mass is 490 g/mol. The molecule has 3 amide bonds. The smallest absolute Gasteiger partial charge is 0.319 e. The van der Waals surface area contributed by atoms with E-state index in [1.165, 1.54) is 4.90 Å². The van der Waals surface area contributed by atoms with Crippen molar-refractivity contribution in [2.75, 3.05) is 34.3 Å². The lowest BCUT2D eigenvalue weighted by Gasteiger charge is -2.30. The Morgan fingerprint density at radius 1 is 0.889 bits per heavy atom. The van der Waals surface area contributed by atoms with Crippen LogP contribution >= 0.6 is 0 Å². The molecular formula is C29H38N4O3. The van der Waals surface area contributed by atoms with Gasteiger partial charge >= 0.3 is 6.03 Å². The summed E-state index contributed by atoms with van der Waals surface area (Å²) in [6.07, 6.45) is 3.84. The molecule has 7 heteroatoms. The summed E-state index contributed by atoms with van der Waals surface area (Å²) in [5.41, 5.74) is 3.20. The number of benzene rings is 2. The van der Waals surface area contributed by atoms with Crippen LogP contribution in [0.25, 0.3) is 0 Å². The standard InChI is InChI=1S/C29H38N4O3/c1-5-6-17-32(29(35)30(2)3)23-28(34)33(20-24-12-8-7-9-13-24)22-26-15-11-18-31(26)21-25-14-10-16-27(19-25)36-4/h7-16,18-19H,5-6,17,20-23H2,1-4H3. The van der Waals surface area contributed by atoms with Crippen LogP contribution in [0.5, 0.6) is 5.75 Å². The summed E-state index contributed by atoms with van der Waals surface area (Å²) in [7, 11) is 5.11. The van der Waals surface area contributed by atoms with Crippen LogP contribution in [0.1, 0.15) is 36.6 Å². The van der Waals surface area contributed by atoms with Gasteiger partial charge in [-0.25, -0.2) is 4.79 Å². The molecule has 0 saturated heterocycles. The van der Waals surface area contributed by atoms with Crippen LogP contribution in [0.3, 0.4) is 0 Å². The van der Waals surface area contributed by atoms with Gasteiger partial charge in [-0.05, 0) is 41.8 Å². The maximum Gasteiger partial charge on any atom is 0.319 e. The van der Waals surface area contributed by atoms with Crippen molar-refractivity contribution in [1.29, 1.82) is 0 Å². The molecule has 0 bridgehead atoms. The molecule has 192 valence electrons. The van der Waals surface area contributed by atoms with Crippen LogP contribution in [0.4, 0.5) is 4.79 Å². The molecule has 3 aromatic rings. The van der Waals surface area contributed by atoms with Crippen LogP contribution < -0.4 is 4.74 Å². The number of nitrogens with zero attached hydrogens (tertiary/aromatic N) is 4. The first kappa shape index (κ1) is 26.9. The molecule has 0 aliphatic heterocycles. The fraction of sp³-hybridized carbons (Fsp3) is 0.379. The van der Waals surface area contributed by atoms with Crippen molar-refractivity contribution in [3.63, 3.8) is 0 Å². The SMILES string of the molecule is CCCCN(CC(=O)N(Cc1ccccc1)Cc1cccn1Cc1cccc(OC)c1)C(=O)N(C)C. The maximum atomic E-state index is 13.6. The van der Waals surface area contributed by atoms with Crippen molar-refractivity contribution < 1.29 is 14.3 Å². The molecule has 0 aliphatic carbocycles. The molecule has 0 spiro atoms. The van der Waals surface area contributed by atoms with Crippen LogP contribution in [-0.4, -0.2) is 65.5 Å². The van der Waals surface area contributed by atoms with E-state index in [0.717, 1.165) is 35.4 Å². The average Bonchev–Trinajstić information content (AvgIpc) is 3.32. The van der Waals surface area contributed by atoms with Crippen molar-refractivity contribution in [3.05, 3.63) is 89.7 Å². The number of carbonyl (C=O) groups excluding carboxylic acids is 2. The van der Waals surface area contributed by atoms with Crippen LogP contribution in [-0.2, 0) is 24.4 Å². The number of amides is 3. The molecule has 0 atom stereocenters. The van der Waals surface area contributed by atoms with Gasteiger partial charge in [0.25, 0.3) is 0 Å². The molecule has 2 aromatic carbocycles. The summed E-state index contributed by atoms with van der Waals surface area (Å²) in [6.45, 7) is 4.29. The van der Waals surface area contributed by atoms with E-state index >= 15 is 0 Å². The Kier molecular flexibility index (Phi) is 9.98. The molecule has 1 heterocycles. The molecule has 0 fully saturated rings. The fourth-order valence-electron chi connectivity index (χ4n) is 4.08. The van der Waals surface area contributed by atoms with Crippen molar-refractivity contribution in [3.8, 4) is 5.75 Å². The zero-order valence-electron chi connectivity index (χ0n) is 21.9. The predicted molar refractivity (Wildman–Crippen MR) is 143 cm³/mol. The number of rotatable bonds is 12. The summed E-state index contributed by atoms with van der Waals surface area (Å²) in [5, 5.41) is 0. The van der Waals surface area contributed by atoms with E-state index < -0.39 is 0 Å². The molecule has 3 rings (SSSR count). The maximum absolute atomic E-state index is 13.6. The fourth-order valence-corrected chi connectivity index (χ4v) is 4.08. The highest BCUT2D eigenvalue weighted by molar-refractivity contribution is 5.84. The molecule has 0 radical (unpaired) electrons. The molecule has 36 heavy (non-hydrogen) atoms. The number of methoxy groups -OCH3 is 1. The number of ether oxygens (including phenoxy) is 1. The second-order valence-corrected chi connectivity index (χ2v) is 9.17. The van der Waals surface area contributed by atoms with Gasteiger partial charge in [0, 0.05) is 45.6 Å². The minimum Gasteiger partial charge on any atom is -0.497 e. The molecule has 0 unspecified atom stereocenters. The van der Waals surface area contributed by atoms with Crippen LogP contribution in [0.15, 0.2) is 72.9 Å². The second-order valence-electron chi connectivity index (χ2n) is 9.17. The van der Waals surface area contributed by atoms with Crippen molar-refractivity contribution >= 4 is 11.9 Å². The molecule has 0 aliphatic rings. The predicted octanol–water partition coefficient (Wildman–Crippen LogP) is 4.86.